The maximum absolute atomic E-state index is 12.6. The minimum absolute atomic E-state index is 0.0493. The lowest BCUT2D eigenvalue weighted by atomic mass is 9.91. The zero-order chi connectivity index (χ0) is 22.0. The molecule has 0 aromatic heterocycles. The molecule has 164 valence electrons. The van der Waals surface area contributed by atoms with E-state index >= 15 is 0 Å². The van der Waals surface area contributed by atoms with Gasteiger partial charge in [0.15, 0.2) is 0 Å². The summed E-state index contributed by atoms with van der Waals surface area (Å²) in [7, 11) is 0. The van der Waals surface area contributed by atoms with E-state index in [0.29, 0.717) is 25.7 Å². The maximum Gasteiger partial charge on any atom is 0.317 e. The number of carbonyl (C=O) groups excluding carboxylic acids is 2. The molecule has 1 fully saturated rings. The summed E-state index contributed by atoms with van der Waals surface area (Å²) < 4.78 is 5.35. The fourth-order valence-electron chi connectivity index (χ4n) is 3.47. The number of hydrogen-bond donors (Lipinski definition) is 3. The van der Waals surface area contributed by atoms with Crippen molar-refractivity contribution in [1.29, 1.82) is 0 Å². The van der Waals surface area contributed by atoms with Gasteiger partial charge in [0, 0.05) is 18.8 Å². The number of ether oxygens (including phenoxy) is 1. The molecule has 1 aliphatic carbocycles. The molecule has 0 saturated heterocycles. The van der Waals surface area contributed by atoms with Gasteiger partial charge in [-0.2, -0.15) is 0 Å². The summed E-state index contributed by atoms with van der Waals surface area (Å²) in [5.41, 5.74) is -0.881. The van der Waals surface area contributed by atoms with Crippen LogP contribution < -0.4 is 0 Å². The Balaban J connectivity index is 2.74. The molecule has 1 saturated carbocycles. The first-order valence-corrected chi connectivity index (χ1v) is 10.3. The molecule has 0 amide bonds. The summed E-state index contributed by atoms with van der Waals surface area (Å²) in [6, 6.07) is 0. The number of aliphatic carboxylic acids is 1. The van der Waals surface area contributed by atoms with Crippen molar-refractivity contribution in [2.45, 2.75) is 83.0 Å². The molecule has 0 radical (unpaired) electrons. The van der Waals surface area contributed by atoms with Crippen LogP contribution in [-0.2, 0) is 19.1 Å². The summed E-state index contributed by atoms with van der Waals surface area (Å²) >= 11 is 0. The van der Waals surface area contributed by atoms with Gasteiger partial charge < -0.3 is 20.1 Å². The van der Waals surface area contributed by atoms with Gasteiger partial charge in [-0.1, -0.05) is 44.6 Å². The summed E-state index contributed by atoms with van der Waals surface area (Å²) in [4.78, 5) is 35.5. The molecule has 2 unspecified atom stereocenters. The highest BCUT2D eigenvalue weighted by atomic mass is 16.5. The number of rotatable bonds is 13. The van der Waals surface area contributed by atoms with Crippen LogP contribution in [0.1, 0.15) is 65.2 Å². The summed E-state index contributed by atoms with van der Waals surface area (Å²) in [6.45, 7) is 7.37. The van der Waals surface area contributed by atoms with Crippen LogP contribution >= 0.6 is 0 Å². The zero-order valence-corrected chi connectivity index (χ0v) is 17.4. The number of ketones is 1. The molecule has 7 heteroatoms. The van der Waals surface area contributed by atoms with Gasteiger partial charge in [-0.05, 0) is 32.6 Å². The first-order valence-electron chi connectivity index (χ1n) is 10.3. The highest BCUT2D eigenvalue weighted by Crippen LogP contribution is 2.33. The van der Waals surface area contributed by atoms with E-state index in [1.54, 1.807) is 19.1 Å². The average molecular weight is 411 g/mol. The van der Waals surface area contributed by atoms with E-state index < -0.39 is 41.6 Å². The second kappa shape index (κ2) is 11.9. The third-order valence-electron chi connectivity index (χ3n) is 5.23. The minimum Gasteiger partial charge on any atom is -0.481 e. The summed E-state index contributed by atoms with van der Waals surface area (Å²) in [5.74, 6) is -3.87. The van der Waals surface area contributed by atoms with E-state index in [9.17, 15) is 24.6 Å². The van der Waals surface area contributed by atoms with Gasteiger partial charge >= 0.3 is 11.9 Å². The number of unbranched alkanes of at least 4 members (excludes halogenated alkanes) is 1. The Morgan fingerprint density at radius 1 is 1.38 bits per heavy atom. The Kier molecular flexibility index (Phi) is 10.3. The third kappa shape index (κ3) is 8.50. The Labute approximate surface area is 172 Å². The largest absolute Gasteiger partial charge is 0.481 e. The van der Waals surface area contributed by atoms with Crippen molar-refractivity contribution >= 4 is 17.7 Å². The fourth-order valence-corrected chi connectivity index (χ4v) is 3.47. The van der Waals surface area contributed by atoms with Crippen molar-refractivity contribution in [3.63, 3.8) is 0 Å². The normalized spacial score (nSPS) is 25.0. The minimum atomic E-state index is -1.11. The standard InChI is InChI=1S/C22H34O7/c1-4-6-12-22(3,28)13-8-10-16-17(23)14-18(24)20(16)21(27)29-15(5-2)9-7-11-19(25)26/h5,8,10,15-17,20,23,28H,2,4,6-7,9,11-14H2,1,3H3,(H,25,26)/b10-8+/t15?,16-,17+,20+,22?/m0/s1. The number of aliphatic hydroxyl groups is 2. The SMILES string of the molecule is C=CC(CCCC(=O)O)OC(=O)[C@H]1C(=O)C[C@@H](O)[C@@H]1/C=C/CC(C)(O)CCCC. The van der Waals surface area contributed by atoms with Crippen LogP contribution in [0.3, 0.4) is 0 Å². The molecule has 0 aromatic rings. The van der Waals surface area contributed by atoms with E-state index in [2.05, 4.69) is 6.58 Å². The van der Waals surface area contributed by atoms with E-state index in [0.717, 1.165) is 12.8 Å². The van der Waals surface area contributed by atoms with Crippen LogP contribution in [0.15, 0.2) is 24.8 Å². The first-order chi connectivity index (χ1) is 13.6. The first kappa shape index (κ1) is 25.0. The zero-order valence-electron chi connectivity index (χ0n) is 17.4. The predicted octanol–water partition coefficient (Wildman–Crippen LogP) is 2.79. The molecule has 0 aliphatic heterocycles. The molecule has 7 nitrogen and oxygen atoms in total. The summed E-state index contributed by atoms with van der Waals surface area (Å²) in [6.07, 6.45) is 6.37. The summed E-state index contributed by atoms with van der Waals surface area (Å²) in [5, 5.41) is 29.3. The third-order valence-corrected chi connectivity index (χ3v) is 5.23. The molecular formula is C22H34O7. The molecule has 0 heterocycles. The van der Waals surface area contributed by atoms with Gasteiger partial charge in [-0.15, -0.1) is 0 Å². The number of carboxylic acid groups (broad SMARTS) is 1. The smallest absolute Gasteiger partial charge is 0.317 e. The van der Waals surface area contributed by atoms with Crippen LogP contribution in [0.2, 0.25) is 0 Å². The molecule has 29 heavy (non-hydrogen) atoms. The van der Waals surface area contributed by atoms with E-state index in [1.807, 2.05) is 6.92 Å². The fraction of sp³-hybridized carbons (Fsp3) is 0.682. The number of esters is 1. The molecule has 3 N–H and O–H groups in total. The molecule has 0 bridgehead atoms. The number of carboxylic acids is 1. The van der Waals surface area contributed by atoms with Gasteiger partial charge in [0.1, 0.15) is 17.8 Å². The van der Waals surface area contributed by atoms with Crippen LogP contribution in [0, 0.1) is 11.8 Å². The Bertz CT molecular complexity index is 608. The molecule has 0 spiro atoms. The lowest BCUT2D eigenvalue weighted by molar-refractivity contribution is -0.155. The van der Waals surface area contributed by atoms with Crippen LogP contribution in [-0.4, -0.2) is 50.9 Å². The molecule has 5 atom stereocenters. The maximum atomic E-state index is 12.6. The van der Waals surface area contributed by atoms with Gasteiger partial charge in [0.2, 0.25) is 0 Å². The number of carbonyl (C=O) groups is 3. The van der Waals surface area contributed by atoms with Gasteiger partial charge in [0.25, 0.3) is 0 Å². The van der Waals surface area contributed by atoms with Gasteiger partial charge in [-0.25, -0.2) is 0 Å². The van der Waals surface area contributed by atoms with Crippen LogP contribution in [0.4, 0.5) is 0 Å². The van der Waals surface area contributed by atoms with Crippen molar-refractivity contribution in [2.24, 2.45) is 11.8 Å². The number of Topliss-reactive ketones (excluding diaryl/α,β-unsaturated/α-hetero) is 1. The second-order valence-electron chi connectivity index (χ2n) is 8.02. The number of aliphatic hydroxyl groups excluding tert-OH is 1. The monoisotopic (exact) mass is 410 g/mol. The molecule has 0 aromatic carbocycles. The lowest BCUT2D eigenvalue weighted by Crippen LogP contribution is -2.31. The van der Waals surface area contributed by atoms with Crippen molar-refractivity contribution < 1.29 is 34.4 Å². The Hall–Kier alpha value is -1.99. The number of hydrogen-bond acceptors (Lipinski definition) is 6. The van der Waals surface area contributed by atoms with Crippen molar-refractivity contribution in [3.05, 3.63) is 24.8 Å². The van der Waals surface area contributed by atoms with E-state index in [-0.39, 0.29) is 18.6 Å². The van der Waals surface area contributed by atoms with Gasteiger partial charge in [-0.3, -0.25) is 14.4 Å². The van der Waals surface area contributed by atoms with Crippen molar-refractivity contribution in [3.8, 4) is 0 Å². The van der Waals surface area contributed by atoms with Crippen molar-refractivity contribution in [1.82, 2.24) is 0 Å². The second-order valence-corrected chi connectivity index (χ2v) is 8.02. The van der Waals surface area contributed by atoms with Crippen molar-refractivity contribution in [2.75, 3.05) is 0 Å². The highest BCUT2D eigenvalue weighted by Gasteiger charge is 2.46. The van der Waals surface area contributed by atoms with E-state index in [1.165, 1.54) is 6.08 Å². The quantitative estimate of drug-likeness (QED) is 0.242. The van der Waals surface area contributed by atoms with Crippen LogP contribution in [0.25, 0.3) is 0 Å². The Morgan fingerprint density at radius 3 is 2.66 bits per heavy atom. The van der Waals surface area contributed by atoms with Gasteiger partial charge in [0.05, 0.1) is 11.7 Å². The van der Waals surface area contributed by atoms with Crippen LogP contribution in [0.5, 0.6) is 0 Å². The molecular weight excluding hydrogens is 376 g/mol. The lowest BCUT2D eigenvalue weighted by Gasteiger charge is -2.22. The Morgan fingerprint density at radius 2 is 2.07 bits per heavy atom. The highest BCUT2D eigenvalue weighted by molar-refractivity contribution is 6.01. The molecule has 1 aliphatic rings. The van der Waals surface area contributed by atoms with E-state index in [4.69, 9.17) is 9.84 Å². The molecule has 1 rings (SSSR count). The predicted molar refractivity (Wildman–Crippen MR) is 108 cm³/mol. The topological polar surface area (TPSA) is 121 Å². The average Bonchev–Trinajstić information content (AvgIpc) is 2.92.